The number of carbonyl (C=O) groups is 3. The summed E-state index contributed by atoms with van der Waals surface area (Å²) < 4.78 is 0. The van der Waals surface area contributed by atoms with Crippen molar-refractivity contribution in [3.8, 4) is 67.2 Å². The number of benzene rings is 18. The van der Waals surface area contributed by atoms with Gasteiger partial charge >= 0.3 is 0 Å². The molecule has 3 radical (unpaired) electrons. The van der Waals surface area contributed by atoms with E-state index in [1.807, 2.05) is 74.0 Å². The molecule has 144 heavy (non-hydrogen) atoms. The molecule has 24 rings (SSSR count). The molecule has 3 heterocycles. The van der Waals surface area contributed by atoms with Gasteiger partial charge in [0, 0.05) is 121 Å². The van der Waals surface area contributed by atoms with Gasteiger partial charge in [0.15, 0.2) is 17.3 Å². The monoisotopic (exact) mass is 2420 g/mol. The van der Waals surface area contributed by atoms with Crippen LogP contribution in [0.2, 0.25) is 0 Å². The number of nitrogens with zero attached hydrogens (tertiary/aromatic N) is 3. The average Bonchev–Trinajstić information content (AvgIpc) is 1.54. The smallest absolute Gasteiger partial charge is 0.161 e. The van der Waals surface area contributed by atoms with E-state index in [-0.39, 0.29) is 135 Å². The van der Waals surface area contributed by atoms with Crippen molar-refractivity contribution in [2.45, 2.75) is 134 Å². The third-order valence-corrected chi connectivity index (χ3v) is 28.7. The van der Waals surface area contributed by atoms with Crippen molar-refractivity contribution in [1.82, 2.24) is 15.0 Å². The van der Waals surface area contributed by atoms with Crippen LogP contribution in [0.15, 0.2) is 357 Å². The van der Waals surface area contributed by atoms with E-state index in [4.69, 9.17) is 20.1 Å². The predicted octanol–water partition coefficient (Wildman–Crippen LogP) is 34.4. The molecular formula is C132H114Ir3N3O6-3. The van der Waals surface area contributed by atoms with Crippen LogP contribution >= 0.6 is 0 Å². The van der Waals surface area contributed by atoms with Crippen LogP contribution in [-0.2, 0) is 90.9 Å². The largest absolute Gasteiger partial charge is 0.512 e. The van der Waals surface area contributed by atoms with Crippen LogP contribution in [0.4, 0.5) is 0 Å². The van der Waals surface area contributed by atoms with Crippen LogP contribution in [0.5, 0.6) is 0 Å². The van der Waals surface area contributed by atoms with Gasteiger partial charge in [-0.15, -0.1) is 88.0 Å². The summed E-state index contributed by atoms with van der Waals surface area (Å²) in [5, 5.41) is 57.6. The van der Waals surface area contributed by atoms with E-state index >= 15 is 0 Å². The molecule has 0 unspecified atom stereocenters. The summed E-state index contributed by atoms with van der Waals surface area (Å²) >= 11 is 0. The zero-order valence-corrected chi connectivity index (χ0v) is 91.2. The van der Waals surface area contributed by atoms with Gasteiger partial charge < -0.3 is 30.3 Å². The summed E-state index contributed by atoms with van der Waals surface area (Å²) in [7, 11) is 0. The van der Waals surface area contributed by atoms with E-state index in [1.54, 1.807) is 0 Å². The molecule has 0 saturated carbocycles. The van der Waals surface area contributed by atoms with E-state index in [2.05, 4.69) is 370 Å². The molecule has 3 aliphatic carbocycles. The van der Waals surface area contributed by atoms with Crippen molar-refractivity contribution in [1.29, 1.82) is 0 Å². The number of carbonyl (C=O) groups excluding carboxylic acids is 3. The molecule has 0 spiro atoms. The van der Waals surface area contributed by atoms with Gasteiger partial charge in [-0.3, -0.25) is 14.4 Å². The second-order valence-corrected chi connectivity index (χ2v) is 40.7. The Labute approximate surface area is 883 Å². The molecule has 0 aliphatic heterocycles. The van der Waals surface area contributed by atoms with Crippen molar-refractivity contribution >= 4 is 147 Å². The molecule has 0 bridgehead atoms. The first kappa shape index (κ1) is 103. The molecule has 9 nitrogen and oxygen atoms in total. The van der Waals surface area contributed by atoms with Crippen LogP contribution in [-0.4, -0.2) is 47.6 Å². The van der Waals surface area contributed by atoms with Gasteiger partial charge in [-0.1, -0.05) is 385 Å². The fraction of sp³-hybridized carbons (Fsp3) is 0.182. The van der Waals surface area contributed by atoms with Crippen LogP contribution < -0.4 is 0 Å². The van der Waals surface area contributed by atoms with Crippen molar-refractivity contribution in [2.24, 2.45) is 23.7 Å². The van der Waals surface area contributed by atoms with Crippen molar-refractivity contribution in [3.05, 3.63) is 415 Å². The molecule has 0 saturated heterocycles. The molecule has 723 valence electrons. The molecule has 0 atom stereocenters. The Bertz CT molecular complexity index is 8470. The molecule has 0 fully saturated rings. The minimum absolute atomic E-state index is 0. The fourth-order valence-corrected chi connectivity index (χ4v) is 20.8. The van der Waals surface area contributed by atoms with Gasteiger partial charge in [0.25, 0.3) is 0 Å². The van der Waals surface area contributed by atoms with Gasteiger partial charge in [0.1, 0.15) is 0 Å². The van der Waals surface area contributed by atoms with Gasteiger partial charge in [0.2, 0.25) is 0 Å². The van der Waals surface area contributed by atoms with Crippen molar-refractivity contribution in [2.75, 3.05) is 0 Å². The third kappa shape index (κ3) is 19.6. The number of aliphatic hydroxyl groups is 3. The second-order valence-electron chi connectivity index (χ2n) is 40.7. The second kappa shape index (κ2) is 41.8. The minimum atomic E-state index is -0.125. The van der Waals surface area contributed by atoms with Crippen LogP contribution in [0.25, 0.3) is 196 Å². The number of ketones is 3. The van der Waals surface area contributed by atoms with Crippen LogP contribution in [0, 0.1) is 48.8 Å². The number of fused-ring (bicyclic) bond motifs is 30. The van der Waals surface area contributed by atoms with E-state index in [0.717, 1.165) is 44.5 Å². The van der Waals surface area contributed by atoms with Gasteiger partial charge in [-0.2, -0.15) is 0 Å². The molecule has 21 aromatic rings. The van der Waals surface area contributed by atoms with E-state index in [0.29, 0.717) is 0 Å². The van der Waals surface area contributed by atoms with Gasteiger partial charge in [-0.25, -0.2) is 0 Å². The summed E-state index contributed by atoms with van der Waals surface area (Å²) in [6, 6.07) is 122. The van der Waals surface area contributed by atoms with Crippen molar-refractivity contribution in [3.63, 3.8) is 0 Å². The maximum Gasteiger partial charge on any atom is 0.161 e. The SMILES string of the molecule is CC(=O)C=C(C)O.CC(C)C(=O)C=C(O)C(C)C.CC(C)C(=O)C=C(O)C(C)C.CC1(C)c2cc(-c3cc4ccccc4cn3)[c-]cc2-c2cc3c4ccccc4c4ccccc4c3cc21.CC1(C)c2cc(-c3cc4ccccc4cn3)[c-]cc2-c2cc3c4ccccc4c4ccccc4c3cc21.Cc1ccc2cnc(-c3[c-]cc4c(c3)C(C)(C)c3cc5c6ccccc6c6ccccc6c5cc3-4)cc2c1.[Ir].[Ir].[Ir]. The first-order valence-corrected chi connectivity index (χ1v) is 48.9. The zero-order valence-electron chi connectivity index (χ0n) is 84.0. The van der Waals surface area contributed by atoms with Crippen LogP contribution in [0.1, 0.15) is 150 Å². The number of hydrogen-bond acceptors (Lipinski definition) is 9. The number of aromatic nitrogens is 3. The summed E-state index contributed by atoms with van der Waals surface area (Å²) in [6.07, 6.45) is 9.71. The zero-order chi connectivity index (χ0) is 98.9. The molecular weight excluding hydrogens is 2300 g/mol. The maximum atomic E-state index is 11.0. The summed E-state index contributed by atoms with van der Waals surface area (Å²) in [5.74, 6) is 0.259. The number of hydrogen-bond donors (Lipinski definition) is 3. The number of aryl methyl sites for hydroxylation is 1. The Morgan fingerprint density at radius 1 is 0.271 bits per heavy atom. The molecule has 3 aliphatic rings. The Kier molecular flexibility index (Phi) is 29.9. The fourth-order valence-electron chi connectivity index (χ4n) is 20.8. The minimum Gasteiger partial charge on any atom is -0.512 e. The van der Waals surface area contributed by atoms with E-state index in [1.165, 1.54) is 223 Å². The summed E-state index contributed by atoms with van der Waals surface area (Å²) in [4.78, 5) is 46.4. The van der Waals surface area contributed by atoms with Gasteiger partial charge in [-0.05, 0) is 218 Å². The third-order valence-electron chi connectivity index (χ3n) is 28.7. The molecule has 12 heteroatoms. The Morgan fingerprint density at radius 3 is 0.757 bits per heavy atom. The molecule has 3 aromatic heterocycles. The molecule has 0 amide bonds. The maximum absolute atomic E-state index is 11.0. The van der Waals surface area contributed by atoms with E-state index in [9.17, 15) is 24.6 Å². The van der Waals surface area contributed by atoms with Crippen LogP contribution in [0.3, 0.4) is 0 Å². The number of pyridine rings is 3. The first-order valence-electron chi connectivity index (χ1n) is 48.9. The number of aliphatic hydroxyl groups excluding tert-OH is 3. The first-order chi connectivity index (χ1) is 67.7. The average molecular weight is 2420 g/mol. The topological polar surface area (TPSA) is 151 Å². The Balaban J connectivity index is 0.000000135. The Morgan fingerprint density at radius 2 is 0.507 bits per heavy atom. The summed E-state index contributed by atoms with van der Waals surface area (Å²) in [6.45, 7) is 33.7. The molecule has 3 N–H and O–H groups in total. The number of allylic oxidation sites excluding steroid dienone is 6. The molecule has 18 aromatic carbocycles. The standard InChI is InChI=1S/C37H26N.2C36H24N.2C9H16O2.C5H8O2.3Ir/c1-22-12-13-24-21-38-36(18-25(24)16-22)23-14-15-30-33-19-31-28-10-6-4-8-26(28)27-9-5-7-11-29(27)32(31)20-35(33)37(2,3)34(30)17-23;2*1-36(2)33-17-23(35-18-22-9-3-4-10-24(22)21-37-35)15-16-29(33)32-19-30-27-13-7-5-11-25(27)26-12-6-8-14-28(26)31(30)20-34(32)36;2*1-6(2)8(10)5-9(11)7(3)4;1-4(6)3-5(2)7;;;/h4-13,15-21H,1-3H3;2*3-14,16-21H,1-2H3;2*5-7,10H,1-4H3;3,6H,1-2H3;;;/q3*-1;;;;;;. The number of rotatable bonds is 10. The Hall–Kier alpha value is -13.9. The quantitative estimate of drug-likeness (QED) is 0.0526. The van der Waals surface area contributed by atoms with Crippen molar-refractivity contribution < 1.29 is 90.0 Å². The normalized spacial score (nSPS) is 13.3. The summed E-state index contributed by atoms with van der Waals surface area (Å²) in [5.41, 5.74) is 22.9. The van der Waals surface area contributed by atoms with Gasteiger partial charge in [0.05, 0.1) is 17.3 Å². The predicted molar refractivity (Wildman–Crippen MR) is 591 cm³/mol. The van der Waals surface area contributed by atoms with E-state index < -0.39 is 0 Å².